The summed E-state index contributed by atoms with van der Waals surface area (Å²) in [6.07, 6.45) is 9.39. The van der Waals surface area contributed by atoms with E-state index in [1.165, 1.54) is 22.3 Å². The van der Waals surface area contributed by atoms with Gasteiger partial charge in [-0.05, 0) is 65.5 Å². The van der Waals surface area contributed by atoms with E-state index in [-0.39, 0.29) is 5.78 Å². The van der Waals surface area contributed by atoms with Crippen molar-refractivity contribution in [3.05, 3.63) is 101 Å². The number of benzene rings is 2. The molecule has 0 aromatic heterocycles. The number of carbonyl (C=O) groups is 1. The van der Waals surface area contributed by atoms with E-state index in [1.54, 1.807) is 0 Å². The maximum Gasteiger partial charge on any atom is 0.166 e. The smallest absolute Gasteiger partial charge is 0.166 e. The lowest BCUT2D eigenvalue weighted by Crippen LogP contribution is -2.13. The molecule has 0 spiro atoms. The van der Waals surface area contributed by atoms with Crippen LogP contribution in [-0.4, -0.2) is 5.78 Å². The second-order valence-electron chi connectivity index (χ2n) is 7.97. The number of ketones is 1. The molecule has 144 valence electrons. The van der Waals surface area contributed by atoms with Crippen LogP contribution in [0.1, 0.15) is 60.4 Å². The molecule has 0 unspecified atom stereocenters. The van der Waals surface area contributed by atoms with Crippen LogP contribution in [0.4, 0.5) is 0 Å². The number of allylic oxidation sites excluding steroid dienone is 5. The summed E-state index contributed by atoms with van der Waals surface area (Å²) in [6, 6.07) is 14.7. The minimum absolute atomic E-state index is 0.218. The van der Waals surface area contributed by atoms with Crippen molar-refractivity contribution in [1.82, 2.24) is 0 Å². The Bertz CT molecular complexity index is 926. The highest BCUT2D eigenvalue weighted by Crippen LogP contribution is 2.30. The summed E-state index contributed by atoms with van der Waals surface area (Å²) >= 11 is 0. The van der Waals surface area contributed by atoms with Gasteiger partial charge in [-0.1, -0.05) is 81.1 Å². The van der Waals surface area contributed by atoms with Crippen LogP contribution in [0, 0.1) is 6.92 Å². The molecule has 1 aliphatic rings. The molecule has 3 rings (SSSR count). The third-order valence-electron chi connectivity index (χ3n) is 5.55. The Morgan fingerprint density at radius 1 is 1.00 bits per heavy atom. The largest absolute Gasteiger partial charge is 0.294 e. The number of carbonyl (C=O) groups excluding carboxylic acids is 1. The standard InChI is InChI=1S/C27H30O/c1-19(2)24-16-15-20(3)25(17-21(4)22-11-7-5-8-12-22)26(24)18-27(28)23-13-9-6-10-14-23/h5,7-9,11-16,19H,4,6,10,17-18H2,1-3H3. The van der Waals surface area contributed by atoms with E-state index in [4.69, 9.17) is 0 Å². The third kappa shape index (κ3) is 4.59. The Kier molecular flexibility index (Phi) is 6.46. The molecule has 0 radical (unpaired) electrons. The topological polar surface area (TPSA) is 17.1 Å². The van der Waals surface area contributed by atoms with Crippen molar-refractivity contribution in [3.63, 3.8) is 0 Å². The summed E-state index contributed by atoms with van der Waals surface area (Å²) in [6.45, 7) is 10.9. The lowest BCUT2D eigenvalue weighted by Gasteiger charge is -2.21. The van der Waals surface area contributed by atoms with Crippen LogP contribution in [0.2, 0.25) is 0 Å². The zero-order valence-corrected chi connectivity index (χ0v) is 17.3. The molecule has 0 atom stereocenters. The predicted octanol–water partition coefficient (Wildman–Crippen LogP) is 6.76. The van der Waals surface area contributed by atoms with Gasteiger partial charge in [-0.25, -0.2) is 0 Å². The second-order valence-corrected chi connectivity index (χ2v) is 7.97. The van der Waals surface area contributed by atoms with Crippen molar-refractivity contribution in [2.24, 2.45) is 0 Å². The first-order valence-electron chi connectivity index (χ1n) is 10.2. The van der Waals surface area contributed by atoms with E-state index in [2.05, 4.69) is 63.8 Å². The van der Waals surface area contributed by atoms with Crippen molar-refractivity contribution in [2.75, 3.05) is 0 Å². The Morgan fingerprint density at radius 2 is 1.75 bits per heavy atom. The normalized spacial score (nSPS) is 13.5. The van der Waals surface area contributed by atoms with Gasteiger partial charge >= 0.3 is 0 Å². The lowest BCUT2D eigenvalue weighted by atomic mass is 9.83. The van der Waals surface area contributed by atoms with Crippen LogP contribution in [0.5, 0.6) is 0 Å². The van der Waals surface area contributed by atoms with E-state index in [9.17, 15) is 4.79 Å². The first kappa shape index (κ1) is 20.1. The van der Waals surface area contributed by atoms with Crippen molar-refractivity contribution >= 4 is 11.4 Å². The van der Waals surface area contributed by atoms with Gasteiger partial charge in [0.25, 0.3) is 0 Å². The van der Waals surface area contributed by atoms with Crippen molar-refractivity contribution in [3.8, 4) is 0 Å². The van der Waals surface area contributed by atoms with Crippen LogP contribution >= 0.6 is 0 Å². The molecule has 0 saturated heterocycles. The van der Waals surface area contributed by atoms with Crippen molar-refractivity contribution in [2.45, 2.75) is 52.4 Å². The Labute approximate surface area is 169 Å². The summed E-state index contributed by atoms with van der Waals surface area (Å²) in [5, 5.41) is 0. The molecule has 0 N–H and O–H groups in total. The fourth-order valence-electron chi connectivity index (χ4n) is 3.90. The highest BCUT2D eigenvalue weighted by atomic mass is 16.1. The number of aryl methyl sites for hydroxylation is 1. The molecule has 0 fully saturated rings. The molecule has 0 heterocycles. The molecule has 1 aliphatic carbocycles. The van der Waals surface area contributed by atoms with Gasteiger partial charge in [0.05, 0.1) is 0 Å². The Balaban J connectivity index is 1.97. The van der Waals surface area contributed by atoms with E-state index < -0.39 is 0 Å². The van der Waals surface area contributed by atoms with Gasteiger partial charge in [-0.3, -0.25) is 4.79 Å². The van der Waals surface area contributed by atoms with Crippen LogP contribution in [0.3, 0.4) is 0 Å². The SMILES string of the molecule is C=C(Cc1c(C)ccc(C(C)C)c1CC(=O)C1=CCCC=C1)c1ccccc1. The van der Waals surface area contributed by atoms with Gasteiger partial charge in [-0.2, -0.15) is 0 Å². The Hall–Kier alpha value is -2.67. The van der Waals surface area contributed by atoms with Gasteiger partial charge in [0.1, 0.15) is 0 Å². The first-order valence-corrected chi connectivity index (χ1v) is 10.2. The molecule has 2 aromatic rings. The van der Waals surface area contributed by atoms with Gasteiger partial charge in [0.2, 0.25) is 0 Å². The first-order chi connectivity index (χ1) is 13.5. The summed E-state index contributed by atoms with van der Waals surface area (Å²) in [4.78, 5) is 13.0. The lowest BCUT2D eigenvalue weighted by molar-refractivity contribution is -0.114. The van der Waals surface area contributed by atoms with E-state index in [1.807, 2.05) is 24.3 Å². The Morgan fingerprint density at radius 3 is 2.39 bits per heavy atom. The molecule has 0 aliphatic heterocycles. The number of Topliss-reactive ketones (excluding diaryl/α,β-unsaturated/α-hetero) is 1. The van der Waals surface area contributed by atoms with Gasteiger partial charge in [0.15, 0.2) is 5.78 Å². The number of hydrogen-bond donors (Lipinski definition) is 0. The van der Waals surface area contributed by atoms with Crippen LogP contribution in [0.15, 0.2) is 72.8 Å². The molecule has 0 amide bonds. The second kappa shape index (κ2) is 9.01. The van der Waals surface area contributed by atoms with Gasteiger partial charge in [0, 0.05) is 12.0 Å². The predicted molar refractivity (Wildman–Crippen MR) is 120 cm³/mol. The summed E-state index contributed by atoms with van der Waals surface area (Å²) < 4.78 is 0. The minimum Gasteiger partial charge on any atom is -0.294 e. The molecule has 1 nitrogen and oxygen atoms in total. The molecule has 1 heteroatoms. The van der Waals surface area contributed by atoms with Crippen LogP contribution in [0.25, 0.3) is 5.57 Å². The molecule has 0 saturated carbocycles. The average molecular weight is 371 g/mol. The monoisotopic (exact) mass is 370 g/mol. The molecular weight excluding hydrogens is 340 g/mol. The van der Waals surface area contributed by atoms with Crippen molar-refractivity contribution < 1.29 is 4.79 Å². The zero-order valence-electron chi connectivity index (χ0n) is 17.3. The summed E-state index contributed by atoms with van der Waals surface area (Å²) in [7, 11) is 0. The van der Waals surface area contributed by atoms with Crippen LogP contribution in [-0.2, 0) is 17.6 Å². The third-order valence-corrected chi connectivity index (χ3v) is 5.55. The van der Waals surface area contributed by atoms with Crippen molar-refractivity contribution in [1.29, 1.82) is 0 Å². The fraction of sp³-hybridized carbons (Fsp3) is 0.296. The van der Waals surface area contributed by atoms with Gasteiger partial charge in [-0.15, -0.1) is 0 Å². The van der Waals surface area contributed by atoms with Crippen LogP contribution < -0.4 is 0 Å². The van der Waals surface area contributed by atoms with Gasteiger partial charge < -0.3 is 0 Å². The average Bonchev–Trinajstić information content (AvgIpc) is 2.71. The van der Waals surface area contributed by atoms with E-state index >= 15 is 0 Å². The molecule has 0 bridgehead atoms. The maximum absolute atomic E-state index is 13.0. The van der Waals surface area contributed by atoms with E-state index in [0.717, 1.165) is 36.0 Å². The highest BCUT2D eigenvalue weighted by molar-refractivity contribution is 6.00. The fourth-order valence-corrected chi connectivity index (χ4v) is 3.90. The molecule has 28 heavy (non-hydrogen) atoms. The van der Waals surface area contributed by atoms with E-state index in [0.29, 0.717) is 12.3 Å². The molecular formula is C27H30O. The minimum atomic E-state index is 0.218. The zero-order chi connectivity index (χ0) is 20.1. The quantitative estimate of drug-likeness (QED) is 0.526. The number of rotatable bonds is 7. The summed E-state index contributed by atoms with van der Waals surface area (Å²) in [5.74, 6) is 0.595. The molecule has 2 aromatic carbocycles. The number of hydrogen-bond acceptors (Lipinski definition) is 1. The highest BCUT2D eigenvalue weighted by Gasteiger charge is 2.19. The maximum atomic E-state index is 13.0. The summed E-state index contributed by atoms with van der Waals surface area (Å²) in [5.41, 5.74) is 8.07.